The molecular formula is C24H16F3N3O2. The monoisotopic (exact) mass is 435 g/mol. The van der Waals surface area contributed by atoms with E-state index in [1.807, 2.05) is 18.2 Å². The maximum Gasteiger partial charge on any atom is 0.416 e. The number of hydrogen-bond donors (Lipinski definition) is 2. The molecule has 4 aromatic rings. The Morgan fingerprint density at radius 1 is 0.969 bits per heavy atom. The number of furan rings is 1. The lowest BCUT2D eigenvalue weighted by molar-refractivity contribution is -0.137. The van der Waals surface area contributed by atoms with Crippen molar-refractivity contribution in [3.05, 3.63) is 95.2 Å². The topological polar surface area (TPSA) is 78.1 Å². The minimum atomic E-state index is -4.50. The molecule has 4 rings (SSSR count). The predicted molar refractivity (Wildman–Crippen MR) is 114 cm³/mol. The van der Waals surface area contributed by atoms with Gasteiger partial charge < -0.3 is 15.1 Å². The Labute approximate surface area is 181 Å². The van der Waals surface area contributed by atoms with Gasteiger partial charge in [0.2, 0.25) is 0 Å². The molecule has 0 aliphatic rings. The van der Waals surface area contributed by atoms with Gasteiger partial charge in [-0.1, -0.05) is 18.2 Å². The molecule has 0 bridgehead atoms. The number of rotatable bonds is 5. The van der Waals surface area contributed by atoms with E-state index in [0.29, 0.717) is 23.1 Å². The van der Waals surface area contributed by atoms with Crippen molar-refractivity contribution in [3.8, 4) is 6.07 Å². The van der Waals surface area contributed by atoms with Gasteiger partial charge in [-0.25, -0.2) is 0 Å². The molecule has 5 nitrogen and oxygen atoms in total. The number of halogens is 3. The highest BCUT2D eigenvalue weighted by Crippen LogP contribution is 2.31. The van der Waals surface area contributed by atoms with Crippen LogP contribution < -0.4 is 10.6 Å². The number of nitriles is 1. The van der Waals surface area contributed by atoms with Crippen LogP contribution in [-0.2, 0) is 12.7 Å². The Bertz CT molecular complexity index is 1320. The second kappa shape index (κ2) is 8.47. The van der Waals surface area contributed by atoms with Crippen LogP contribution >= 0.6 is 0 Å². The first-order valence-corrected chi connectivity index (χ1v) is 9.57. The molecule has 1 heterocycles. The van der Waals surface area contributed by atoms with E-state index in [1.165, 1.54) is 18.2 Å². The molecule has 160 valence electrons. The SMILES string of the molecule is N#Cc1ccc(CNc2ccc3oc(C(=O)Nc4cccc(C(F)(F)F)c4)cc3c2)cc1. The van der Waals surface area contributed by atoms with Gasteiger partial charge in [0.05, 0.1) is 17.2 Å². The number of amides is 1. The van der Waals surface area contributed by atoms with Crippen LogP contribution in [0, 0.1) is 11.3 Å². The van der Waals surface area contributed by atoms with Crippen LogP contribution in [0.4, 0.5) is 24.5 Å². The van der Waals surface area contributed by atoms with Crippen molar-refractivity contribution in [2.45, 2.75) is 12.7 Å². The standard InChI is InChI=1S/C24H16F3N3O2/c25-24(26,27)18-2-1-3-20(12-18)30-23(31)22-11-17-10-19(8-9-21(17)32-22)29-14-16-6-4-15(13-28)5-7-16/h1-12,29H,14H2,(H,30,31). The summed E-state index contributed by atoms with van der Waals surface area (Å²) >= 11 is 0. The Morgan fingerprint density at radius 3 is 2.47 bits per heavy atom. The van der Waals surface area contributed by atoms with Crippen LogP contribution in [-0.4, -0.2) is 5.91 Å². The van der Waals surface area contributed by atoms with Crippen molar-refractivity contribution in [2.75, 3.05) is 10.6 Å². The van der Waals surface area contributed by atoms with Gasteiger partial charge in [0.15, 0.2) is 5.76 Å². The summed E-state index contributed by atoms with van der Waals surface area (Å²) in [5, 5.41) is 15.2. The molecule has 0 aliphatic heterocycles. The maximum absolute atomic E-state index is 12.9. The van der Waals surface area contributed by atoms with Crippen molar-refractivity contribution in [3.63, 3.8) is 0 Å². The number of benzene rings is 3. The van der Waals surface area contributed by atoms with E-state index < -0.39 is 17.6 Å². The summed E-state index contributed by atoms with van der Waals surface area (Å²) < 4.78 is 44.1. The van der Waals surface area contributed by atoms with Gasteiger partial charge >= 0.3 is 6.18 Å². The van der Waals surface area contributed by atoms with Gasteiger partial charge in [0, 0.05) is 23.3 Å². The quantitative estimate of drug-likeness (QED) is 0.392. The van der Waals surface area contributed by atoms with E-state index in [0.717, 1.165) is 23.4 Å². The zero-order valence-corrected chi connectivity index (χ0v) is 16.5. The minimum absolute atomic E-state index is 0.0124. The van der Waals surface area contributed by atoms with Crippen LogP contribution in [0.3, 0.4) is 0 Å². The van der Waals surface area contributed by atoms with Gasteiger partial charge in [0.25, 0.3) is 5.91 Å². The Hall–Kier alpha value is -4.25. The third-order valence-electron chi connectivity index (χ3n) is 4.77. The highest BCUT2D eigenvalue weighted by Gasteiger charge is 2.30. The average Bonchev–Trinajstić information content (AvgIpc) is 3.21. The normalized spacial score (nSPS) is 11.2. The molecule has 0 spiro atoms. The van der Waals surface area contributed by atoms with Crippen molar-refractivity contribution in [2.24, 2.45) is 0 Å². The molecule has 0 radical (unpaired) electrons. The van der Waals surface area contributed by atoms with Crippen molar-refractivity contribution >= 4 is 28.3 Å². The van der Waals surface area contributed by atoms with Crippen LogP contribution in [0.2, 0.25) is 0 Å². The second-order valence-electron chi connectivity index (χ2n) is 7.06. The number of carbonyl (C=O) groups is 1. The zero-order valence-electron chi connectivity index (χ0n) is 16.5. The third kappa shape index (κ3) is 4.73. The lowest BCUT2D eigenvalue weighted by Gasteiger charge is -2.09. The summed E-state index contributed by atoms with van der Waals surface area (Å²) in [4.78, 5) is 12.5. The predicted octanol–water partition coefficient (Wildman–Crippen LogP) is 6.19. The first-order valence-electron chi connectivity index (χ1n) is 9.57. The van der Waals surface area contributed by atoms with Gasteiger partial charge in [0.1, 0.15) is 5.58 Å². The highest BCUT2D eigenvalue weighted by atomic mass is 19.4. The molecule has 8 heteroatoms. The first kappa shape index (κ1) is 21.0. The summed E-state index contributed by atoms with van der Waals surface area (Å²) in [5.41, 5.74) is 2.03. The maximum atomic E-state index is 12.9. The Balaban J connectivity index is 1.46. The third-order valence-corrected chi connectivity index (χ3v) is 4.77. The molecule has 2 N–H and O–H groups in total. The number of anilines is 2. The number of fused-ring (bicyclic) bond motifs is 1. The summed E-state index contributed by atoms with van der Waals surface area (Å²) in [6, 6.07) is 20.5. The highest BCUT2D eigenvalue weighted by molar-refractivity contribution is 6.04. The lowest BCUT2D eigenvalue weighted by Crippen LogP contribution is -2.12. The fourth-order valence-corrected chi connectivity index (χ4v) is 3.13. The summed E-state index contributed by atoms with van der Waals surface area (Å²) in [7, 11) is 0. The molecule has 1 amide bonds. The number of nitrogens with one attached hydrogen (secondary N) is 2. The molecule has 0 aliphatic carbocycles. The van der Waals surface area contributed by atoms with Crippen molar-refractivity contribution < 1.29 is 22.4 Å². The molecule has 0 saturated heterocycles. The van der Waals surface area contributed by atoms with E-state index in [2.05, 4.69) is 16.7 Å². The fraction of sp³-hybridized carbons (Fsp3) is 0.0833. The van der Waals surface area contributed by atoms with Crippen LogP contribution in [0.25, 0.3) is 11.0 Å². The summed E-state index contributed by atoms with van der Waals surface area (Å²) in [6.07, 6.45) is -4.50. The number of alkyl halides is 3. The summed E-state index contributed by atoms with van der Waals surface area (Å²) in [6.45, 7) is 0.540. The van der Waals surface area contributed by atoms with Gasteiger partial charge in [-0.3, -0.25) is 4.79 Å². The van der Waals surface area contributed by atoms with E-state index in [-0.39, 0.29) is 11.4 Å². The molecular weight excluding hydrogens is 419 g/mol. The van der Waals surface area contributed by atoms with Crippen molar-refractivity contribution in [1.82, 2.24) is 0 Å². The molecule has 1 aromatic heterocycles. The average molecular weight is 435 g/mol. The fourth-order valence-electron chi connectivity index (χ4n) is 3.13. The Morgan fingerprint density at radius 2 is 1.75 bits per heavy atom. The van der Waals surface area contributed by atoms with Gasteiger partial charge in [-0.05, 0) is 60.2 Å². The van der Waals surface area contributed by atoms with Crippen LogP contribution in [0.1, 0.15) is 27.2 Å². The van der Waals surface area contributed by atoms with E-state index in [4.69, 9.17) is 9.68 Å². The van der Waals surface area contributed by atoms with Crippen molar-refractivity contribution in [1.29, 1.82) is 5.26 Å². The molecule has 32 heavy (non-hydrogen) atoms. The van der Waals surface area contributed by atoms with E-state index >= 15 is 0 Å². The minimum Gasteiger partial charge on any atom is -0.451 e. The molecule has 0 atom stereocenters. The number of nitrogens with zero attached hydrogens (tertiary/aromatic N) is 1. The Kier molecular flexibility index (Phi) is 5.56. The zero-order chi connectivity index (χ0) is 22.7. The number of hydrogen-bond acceptors (Lipinski definition) is 4. The van der Waals surface area contributed by atoms with Crippen LogP contribution in [0.5, 0.6) is 0 Å². The lowest BCUT2D eigenvalue weighted by atomic mass is 10.1. The molecule has 0 saturated carbocycles. The second-order valence-corrected chi connectivity index (χ2v) is 7.06. The molecule has 0 unspecified atom stereocenters. The first-order chi connectivity index (χ1) is 15.3. The number of carbonyl (C=O) groups excluding carboxylic acids is 1. The van der Waals surface area contributed by atoms with Crippen LogP contribution in [0.15, 0.2) is 77.2 Å². The summed E-state index contributed by atoms with van der Waals surface area (Å²) in [5.74, 6) is -0.658. The molecule has 3 aromatic carbocycles. The smallest absolute Gasteiger partial charge is 0.416 e. The molecule has 0 fully saturated rings. The van der Waals surface area contributed by atoms with Gasteiger partial charge in [-0.2, -0.15) is 18.4 Å². The largest absolute Gasteiger partial charge is 0.451 e. The van der Waals surface area contributed by atoms with Gasteiger partial charge in [-0.15, -0.1) is 0 Å². The van der Waals surface area contributed by atoms with E-state index in [1.54, 1.807) is 24.3 Å². The van der Waals surface area contributed by atoms with E-state index in [9.17, 15) is 18.0 Å².